The maximum Gasteiger partial charge on any atom is 0.407 e. The molecule has 2 aromatic heterocycles. The number of likely N-dealkylation sites (tertiary alicyclic amines) is 1. The summed E-state index contributed by atoms with van der Waals surface area (Å²) in [6.07, 6.45) is 9.00. The molecule has 4 aromatic rings. The minimum Gasteiger partial charge on any atom is -0.508 e. The molecule has 2 aliphatic rings. The van der Waals surface area contributed by atoms with Gasteiger partial charge in [-0.05, 0) is 73.9 Å². The van der Waals surface area contributed by atoms with Gasteiger partial charge in [-0.3, -0.25) is 0 Å². The molecule has 9 nitrogen and oxygen atoms in total. The minimum atomic E-state index is -0.920. The molecule has 3 N–H and O–H groups in total. The van der Waals surface area contributed by atoms with Crippen molar-refractivity contribution < 1.29 is 24.1 Å². The van der Waals surface area contributed by atoms with Crippen LogP contribution in [-0.2, 0) is 11.2 Å². The maximum atomic E-state index is 16.4. The third-order valence-corrected chi connectivity index (χ3v) is 7.85. The molecule has 2 fully saturated rings. The van der Waals surface area contributed by atoms with Crippen LogP contribution in [-0.4, -0.2) is 60.1 Å². The number of fused-ring (bicyclic) bond motifs is 1. The number of carbonyl (C=O) groups is 1. The van der Waals surface area contributed by atoms with E-state index >= 15 is 4.39 Å². The van der Waals surface area contributed by atoms with Gasteiger partial charge in [0.2, 0.25) is 0 Å². The molecule has 2 atom stereocenters. The zero-order valence-corrected chi connectivity index (χ0v) is 22.3. The number of phenolic OH excluding ortho intramolecular Hbond substituents is 1. The summed E-state index contributed by atoms with van der Waals surface area (Å²) in [7, 11) is 0. The zero-order valence-electron chi connectivity index (χ0n) is 22.3. The minimum absolute atomic E-state index is 0.149. The van der Waals surface area contributed by atoms with Crippen molar-refractivity contribution in [2.45, 2.75) is 57.7 Å². The zero-order chi connectivity index (χ0) is 27.8. The fourth-order valence-electron chi connectivity index (χ4n) is 5.82. The number of aromatic nitrogens is 4. The molecule has 1 unspecified atom stereocenters. The molecule has 10 heteroatoms. The van der Waals surface area contributed by atoms with Crippen LogP contribution in [0.15, 0.2) is 42.6 Å². The summed E-state index contributed by atoms with van der Waals surface area (Å²) in [5.41, 5.74) is 3.53. The molecule has 0 saturated carbocycles. The van der Waals surface area contributed by atoms with Gasteiger partial charge in [0.05, 0.1) is 11.7 Å². The van der Waals surface area contributed by atoms with Crippen LogP contribution in [0.1, 0.15) is 56.5 Å². The number of halogens is 1. The van der Waals surface area contributed by atoms with Gasteiger partial charge in [0, 0.05) is 30.3 Å². The molecule has 40 heavy (non-hydrogen) atoms. The highest BCUT2D eigenvalue weighted by Crippen LogP contribution is 2.38. The molecule has 2 aliphatic heterocycles. The molecule has 1 amide bonds. The quantitative estimate of drug-likeness (QED) is 0.260. The molecular weight excluding hydrogens is 513 g/mol. The number of rotatable bonds is 6. The predicted molar refractivity (Wildman–Crippen MR) is 149 cm³/mol. The Labute approximate surface area is 230 Å². The maximum absolute atomic E-state index is 16.4. The Balaban J connectivity index is 1.42. The number of amides is 1. The molecule has 0 aliphatic carbocycles. The number of imidazole rings is 1. The summed E-state index contributed by atoms with van der Waals surface area (Å²) in [6.45, 7) is 3.09. The normalized spacial score (nSPS) is 19.7. The van der Waals surface area contributed by atoms with E-state index in [2.05, 4.69) is 4.98 Å². The van der Waals surface area contributed by atoms with Crippen molar-refractivity contribution in [1.29, 1.82) is 0 Å². The first-order valence-electron chi connectivity index (χ1n) is 13.8. The highest BCUT2D eigenvalue weighted by molar-refractivity contribution is 5.95. The number of ether oxygens (including phenoxy) is 1. The molecule has 208 valence electrons. The van der Waals surface area contributed by atoms with Crippen molar-refractivity contribution in [1.82, 2.24) is 24.6 Å². The third-order valence-electron chi connectivity index (χ3n) is 7.85. The lowest BCUT2D eigenvalue weighted by Gasteiger charge is -2.23. The number of nitrogens with zero attached hydrogens (tertiary/aromatic N) is 4. The SMILES string of the molecule is CCc1cc(O)ccc1-c1ccc2c(-c3nc(/C=C/[C@@H]4CCCN4C(=O)O)c[nH]3)nn(C3CCCCO3)c2c1F. The monoisotopic (exact) mass is 545 g/mol. The number of aromatic amines is 1. The van der Waals surface area contributed by atoms with E-state index in [-0.39, 0.29) is 18.0 Å². The highest BCUT2D eigenvalue weighted by Gasteiger charge is 2.28. The van der Waals surface area contributed by atoms with Crippen LogP contribution >= 0.6 is 0 Å². The van der Waals surface area contributed by atoms with Crippen LogP contribution in [0.3, 0.4) is 0 Å². The summed E-state index contributed by atoms with van der Waals surface area (Å²) in [4.78, 5) is 20.8. The fourth-order valence-corrected chi connectivity index (χ4v) is 5.82. The first kappa shape index (κ1) is 26.1. The molecule has 2 aromatic carbocycles. The Morgan fingerprint density at radius 3 is 2.83 bits per heavy atom. The predicted octanol–water partition coefficient (Wildman–Crippen LogP) is 6.36. The number of aromatic hydroxyl groups is 1. The van der Waals surface area contributed by atoms with Gasteiger partial charge in [-0.15, -0.1) is 0 Å². The summed E-state index contributed by atoms with van der Waals surface area (Å²) < 4.78 is 24.1. The number of H-pyrrole nitrogens is 1. The molecular formula is C30H32FN5O4. The fraction of sp³-hybridized carbons (Fsp3) is 0.367. The van der Waals surface area contributed by atoms with Gasteiger partial charge < -0.3 is 24.8 Å². The van der Waals surface area contributed by atoms with Gasteiger partial charge in [0.15, 0.2) is 17.9 Å². The second-order valence-corrected chi connectivity index (χ2v) is 10.4. The van der Waals surface area contributed by atoms with Gasteiger partial charge >= 0.3 is 6.09 Å². The van der Waals surface area contributed by atoms with Crippen LogP contribution < -0.4 is 0 Å². The van der Waals surface area contributed by atoms with Gasteiger partial charge in [-0.2, -0.15) is 5.10 Å². The summed E-state index contributed by atoms with van der Waals surface area (Å²) >= 11 is 0. The number of carboxylic acid groups (broad SMARTS) is 1. The number of nitrogens with one attached hydrogen (secondary N) is 1. The second-order valence-electron chi connectivity index (χ2n) is 10.4. The van der Waals surface area contributed by atoms with E-state index in [1.54, 1.807) is 35.1 Å². The molecule has 6 rings (SSSR count). The second kappa shape index (κ2) is 10.8. The van der Waals surface area contributed by atoms with Gasteiger partial charge in [0.1, 0.15) is 17.0 Å². The van der Waals surface area contributed by atoms with Crippen LogP contribution in [0, 0.1) is 5.82 Å². The molecule has 0 radical (unpaired) electrons. The summed E-state index contributed by atoms with van der Waals surface area (Å²) in [6, 6.07) is 8.43. The standard InChI is InChI=1S/C30H32FN5O4/c1-2-18-16-21(37)10-11-22(18)23-12-13-24-27(34-36(28(24)26(23)31)25-7-3-4-15-40-25)29-32-17-19(33-29)8-9-20-6-5-14-35(20)30(38)39/h8-13,16-17,20,25,37H,2-7,14-15H2,1H3,(H,32,33)(H,38,39)/b9-8+/t20-,25?/m0/s1. The first-order chi connectivity index (χ1) is 19.4. The largest absolute Gasteiger partial charge is 0.508 e. The van der Waals surface area contributed by atoms with E-state index < -0.39 is 11.9 Å². The number of hydrogen-bond donors (Lipinski definition) is 3. The Kier molecular flexibility index (Phi) is 7.02. The Morgan fingerprint density at radius 2 is 2.05 bits per heavy atom. The van der Waals surface area contributed by atoms with Crippen molar-refractivity contribution in [2.75, 3.05) is 13.2 Å². The highest BCUT2D eigenvalue weighted by atomic mass is 19.1. The van der Waals surface area contributed by atoms with E-state index in [1.165, 1.54) is 4.90 Å². The van der Waals surface area contributed by atoms with Crippen molar-refractivity contribution in [2.24, 2.45) is 0 Å². The van der Waals surface area contributed by atoms with E-state index in [0.717, 1.165) is 43.2 Å². The van der Waals surface area contributed by atoms with Crippen LogP contribution in [0.4, 0.5) is 9.18 Å². The average molecular weight is 546 g/mol. The number of benzene rings is 2. The van der Waals surface area contributed by atoms with E-state index in [9.17, 15) is 15.0 Å². The number of hydrogen-bond acceptors (Lipinski definition) is 5. The summed E-state index contributed by atoms with van der Waals surface area (Å²) in [5, 5.41) is 24.8. The van der Waals surface area contributed by atoms with Gasteiger partial charge in [0.25, 0.3) is 0 Å². The molecule has 0 spiro atoms. The van der Waals surface area contributed by atoms with Crippen LogP contribution in [0.25, 0.3) is 39.6 Å². The molecule has 2 saturated heterocycles. The smallest absolute Gasteiger partial charge is 0.407 e. The van der Waals surface area contributed by atoms with Gasteiger partial charge in [-0.1, -0.05) is 25.1 Å². The molecule has 0 bridgehead atoms. The van der Waals surface area contributed by atoms with Crippen molar-refractivity contribution in [3.8, 4) is 28.4 Å². The van der Waals surface area contributed by atoms with E-state index in [4.69, 9.17) is 14.8 Å². The van der Waals surface area contributed by atoms with Crippen molar-refractivity contribution in [3.05, 3.63) is 59.7 Å². The van der Waals surface area contributed by atoms with E-state index in [0.29, 0.717) is 53.3 Å². The lowest BCUT2D eigenvalue weighted by atomic mass is 9.96. The number of aryl methyl sites for hydroxylation is 1. The van der Waals surface area contributed by atoms with Crippen molar-refractivity contribution in [3.63, 3.8) is 0 Å². The van der Waals surface area contributed by atoms with Gasteiger partial charge in [-0.25, -0.2) is 18.9 Å². The van der Waals surface area contributed by atoms with Crippen LogP contribution in [0.2, 0.25) is 0 Å². The van der Waals surface area contributed by atoms with Crippen molar-refractivity contribution >= 4 is 23.1 Å². The average Bonchev–Trinajstić information content (AvgIpc) is 3.71. The number of phenols is 1. The summed E-state index contributed by atoms with van der Waals surface area (Å²) in [5.74, 6) is 0.246. The first-order valence-corrected chi connectivity index (χ1v) is 13.8. The Bertz CT molecular complexity index is 1590. The lowest BCUT2D eigenvalue weighted by Crippen LogP contribution is -2.32. The van der Waals surface area contributed by atoms with E-state index in [1.807, 2.05) is 25.1 Å². The molecule has 4 heterocycles. The lowest BCUT2D eigenvalue weighted by molar-refractivity contribution is -0.0368. The third kappa shape index (κ3) is 4.72. The Morgan fingerprint density at radius 1 is 1.20 bits per heavy atom. The Hall–Kier alpha value is -4.18. The van der Waals surface area contributed by atoms with Crippen LogP contribution in [0.5, 0.6) is 5.75 Å². The topological polar surface area (TPSA) is 117 Å².